The molecule has 0 unspecified atom stereocenters. The van der Waals surface area contributed by atoms with Crippen molar-refractivity contribution in [1.29, 1.82) is 5.26 Å². The SMILES string of the molecule is N#CCc1c(I)cc(C(F)F)nc1CCl. The van der Waals surface area contributed by atoms with E-state index in [4.69, 9.17) is 16.9 Å². The third kappa shape index (κ3) is 2.98. The van der Waals surface area contributed by atoms with Crippen molar-refractivity contribution in [2.45, 2.75) is 18.7 Å². The summed E-state index contributed by atoms with van der Waals surface area (Å²) in [5, 5.41) is 8.57. The molecule has 1 rings (SSSR count). The monoisotopic (exact) mass is 342 g/mol. The summed E-state index contributed by atoms with van der Waals surface area (Å²) in [7, 11) is 0. The Morgan fingerprint density at radius 1 is 1.60 bits per heavy atom. The number of pyridine rings is 1. The van der Waals surface area contributed by atoms with Crippen LogP contribution in [0, 0.1) is 14.9 Å². The van der Waals surface area contributed by atoms with Crippen LogP contribution in [0.1, 0.15) is 23.4 Å². The Balaban J connectivity index is 3.25. The van der Waals surface area contributed by atoms with Gasteiger partial charge in [0.2, 0.25) is 0 Å². The summed E-state index contributed by atoms with van der Waals surface area (Å²) >= 11 is 7.50. The van der Waals surface area contributed by atoms with E-state index in [0.717, 1.165) is 0 Å². The molecule has 80 valence electrons. The maximum Gasteiger partial charge on any atom is 0.280 e. The zero-order valence-electron chi connectivity index (χ0n) is 7.48. The molecule has 1 heterocycles. The van der Waals surface area contributed by atoms with Crippen molar-refractivity contribution in [3.8, 4) is 6.07 Å². The van der Waals surface area contributed by atoms with Crippen LogP contribution in [0.2, 0.25) is 0 Å². The molecule has 0 saturated carbocycles. The molecule has 0 bridgehead atoms. The van der Waals surface area contributed by atoms with Crippen LogP contribution in [0.4, 0.5) is 8.78 Å². The van der Waals surface area contributed by atoms with Gasteiger partial charge in [-0.1, -0.05) is 0 Å². The maximum atomic E-state index is 12.4. The fourth-order valence-corrected chi connectivity index (χ4v) is 2.14. The lowest BCUT2D eigenvalue weighted by Gasteiger charge is -2.08. The molecule has 6 heteroatoms. The molecule has 0 aromatic carbocycles. The molecule has 2 nitrogen and oxygen atoms in total. The Morgan fingerprint density at radius 3 is 2.73 bits per heavy atom. The average molecular weight is 343 g/mol. The molecule has 1 aromatic rings. The van der Waals surface area contributed by atoms with E-state index in [0.29, 0.717) is 14.8 Å². The molecule has 0 N–H and O–H groups in total. The van der Waals surface area contributed by atoms with Gasteiger partial charge in [-0.2, -0.15) is 5.26 Å². The Hall–Kier alpha value is -0.480. The molecular weight excluding hydrogens is 336 g/mol. The number of alkyl halides is 3. The highest BCUT2D eigenvalue weighted by atomic mass is 127. The minimum atomic E-state index is -2.61. The summed E-state index contributed by atoms with van der Waals surface area (Å²) in [6.07, 6.45) is -2.48. The van der Waals surface area contributed by atoms with Gasteiger partial charge in [0, 0.05) is 9.13 Å². The quantitative estimate of drug-likeness (QED) is 0.623. The topological polar surface area (TPSA) is 36.7 Å². The molecule has 0 radical (unpaired) electrons. The van der Waals surface area contributed by atoms with Gasteiger partial charge in [0.25, 0.3) is 6.43 Å². The summed E-state index contributed by atoms with van der Waals surface area (Å²) in [5.74, 6) is 0.0353. The van der Waals surface area contributed by atoms with Crippen molar-refractivity contribution < 1.29 is 8.78 Å². The average Bonchev–Trinajstić information content (AvgIpc) is 2.20. The summed E-state index contributed by atoms with van der Waals surface area (Å²) in [6, 6.07) is 3.24. The lowest BCUT2D eigenvalue weighted by atomic mass is 10.1. The highest BCUT2D eigenvalue weighted by molar-refractivity contribution is 14.1. The van der Waals surface area contributed by atoms with Crippen LogP contribution in [0.15, 0.2) is 6.07 Å². The first-order valence-electron chi connectivity index (χ1n) is 3.99. The van der Waals surface area contributed by atoms with Crippen LogP contribution in [-0.4, -0.2) is 4.98 Å². The van der Waals surface area contributed by atoms with Gasteiger partial charge in [0.15, 0.2) is 0 Å². The van der Waals surface area contributed by atoms with E-state index >= 15 is 0 Å². The number of rotatable bonds is 3. The van der Waals surface area contributed by atoms with Crippen molar-refractivity contribution in [2.24, 2.45) is 0 Å². The van der Waals surface area contributed by atoms with E-state index in [-0.39, 0.29) is 18.0 Å². The molecular formula is C9H6ClF2IN2. The van der Waals surface area contributed by atoms with Gasteiger partial charge in [0.1, 0.15) is 5.69 Å². The number of halogens is 4. The lowest BCUT2D eigenvalue weighted by molar-refractivity contribution is 0.145. The van der Waals surface area contributed by atoms with Crippen molar-refractivity contribution in [3.63, 3.8) is 0 Å². The van der Waals surface area contributed by atoms with Gasteiger partial charge >= 0.3 is 0 Å². The van der Waals surface area contributed by atoms with Crippen LogP contribution >= 0.6 is 34.2 Å². The zero-order valence-corrected chi connectivity index (χ0v) is 10.4. The van der Waals surface area contributed by atoms with Gasteiger partial charge in [-0.3, -0.25) is 4.98 Å². The van der Waals surface area contributed by atoms with Crippen molar-refractivity contribution >= 4 is 34.2 Å². The molecule has 0 fully saturated rings. The Labute approximate surface area is 104 Å². The van der Waals surface area contributed by atoms with Gasteiger partial charge in [0.05, 0.1) is 24.1 Å². The van der Waals surface area contributed by atoms with Crippen LogP contribution in [0.5, 0.6) is 0 Å². The highest BCUT2D eigenvalue weighted by Gasteiger charge is 2.15. The smallest absolute Gasteiger partial charge is 0.250 e. The van der Waals surface area contributed by atoms with Gasteiger partial charge in [-0.25, -0.2) is 8.78 Å². The molecule has 0 atom stereocenters. The Morgan fingerprint density at radius 2 is 2.27 bits per heavy atom. The number of nitrogens with zero attached hydrogens (tertiary/aromatic N) is 2. The van der Waals surface area contributed by atoms with Crippen molar-refractivity contribution in [2.75, 3.05) is 0 Å². The van der Waals surface area contributed by atoms with Crippen LogP contribution in [0.3, 0.4) is 0 Å². The summed E-state index contributed by atoms with van der Waals surface area (Å²) in [6.45, 7) is 0. The highest BCUT2D eigenvalue weighted by Crippen LogP contribution is 2.24. The van der Waals surface area contributed by atoms with Crippen molar-refractivity contribution in [3.05, 3.63) is 26.6 Å². The Kier molecular flexibility index (Phi) is 4.67. The minimum absolute atomic E-state index is 0.0353. The predicted molar refractivity (Wildman–Crippen MR) is 60.8 cm³/mol. The zero-order chi connectivity index (χ0) is 11.4. The van der Waals surface area contributed by atoms with Crippen LogP contribution in [0.25, 0.3) is 0 Å². The number of aromatic nitrogens is 1. The Bertz CT molecular complexity index is 404. The maximum absolute atomic E-state index is 12.4. The summed E-state index contributed by atoms with van der Waals surface area (Å²) in [4.78, 5) is 3.73. The van der Waals surface area contributed by atoms with E-state index in [1.165, 1.54) is 6.07 Å². The first-order valence-corrected chi connectivity index (χ1v) is 5.60. The third-order valence-electron chi connectivity index (χ3n) is 1.78. The molecule has 0 amide bonds. The standard InChI is InChI=1S/C9H6ClF2IN2/c10-4-8-5(1-2-14)6(13)3-7(15-8)9(11)12/h3,9H,1,4H2. The molecule has 0 aliphatic heterocycles. The second kappa shape index (κ2) is 5.56. The van der Waals surface area contributed by atoms with E-state index in [9.17, 15) is 8.78 Å². The first-order chi connectivity index (χ1) is 7.10. The fraction of sp³-hybridized carbons (Fsp3) is 0.333. The molecule has 1 aromatic heterocycles. The predicted octanol–water partition coefficient (Wildman–Crippen LogP) is 3.43. The first kappa shape index (κ1) is 12.6. The third-order valence-corrected chi connectivity index (χ3v) is 3.00. The van der Waals surface area contributed by atoms with Gasteiger partial charge < -0.3 is 0 Å². The van der Waals surface area contributed by atoms with Gasteiger partial charge in [-0.15, -0.1) is 11.6 Å². The number of hydrogen-bond donors (Lipinski definition) is 0. The summed E-state index contributed by atoms with van der Waals surface area (Å²) in [5.41, 5.74) is 0.703. The van der Waals surface area contributed by atoms with Crippen molar-refractivity contribution in [1.82, 2.24) is 4.98 Å². The minimum Gasteiger partial charge on any atom is -0.250 e. The molecule has 0 aliphatic carbocycles. The number of nitriles is 1. The van der Waals surface area contributed by atoms with Gasteiger partial charge in [-0.05, 0) is 28.7 Å². The molecule has 0 aliphatic rings. The molecule has 15 heavy (non-hydrogen) atoms. The fourth-order valence-electron chi connectivity index (χ4n) is 1.10. The second-order valence-corrected chi connectivity index (χ2v) is 4.15. The van der Waals surface area contributed by atoms with E-state index in [1.54, 1.807) is 0 Å². The van der Waals surface area contributed by atoms with E-state index in [1.807, 2.05) is 28.7 Å². The number of hydrogen-bond acceptors (Lipinski definition) is 2. The second-order valence-electron chi connectivity index (χ2n) is 2.72. The molecule has 0 saturated heterocycles. The molecule has 0 spiro atoms. The van der Waals surface area contributed by atoms with E-state index < -0.39 is 6.43 Å². The van der Waals surface area contributed by atoms with Crippen LogP contribution in [-0.2, 0) is 12.3 Å². The van der Waals surface area contributed by atoms with E-state index in [2.05, 4.69) is 4.98 Å². The largest absolute Gasteiger partial charge is 0.280 e. The van der Waals surface area contributed by atoms with Crippen LogP contribution < -0.4 is 0 Å². The normalized spacial score (nSPS) is 10.4. The lowest BCUT2D eigenvalue weighted by Crippen LogP contribution is -2.03. The summed E-state index contributed by atoms with van der Waals surface area (Å²) < 4.78 is 25.4.